The van der Waals surface area contributed by atoms with E-state index >= 15 is 0 Å². The van der Waals surface area contributed by atoms with Gasteiger partial charge in [-0.2, -0.15) is 0 Å². The Hall–Kier alpha value is -1.02. The van der Waals surface area contributed by atoms with Gasteiger partial charge in [-0.1, -0.05) is 25.5 Å². The minimum Gasteiger partial charge on any atom is -0.490 e. The molecule has 0 amide bonds. The van der Waals surface area contributed by atoms with Gasteiger partial charge < -0.3 is 10.1 Å². The van der Waals surface area contributed by atoms with Crippen LogP contribution >= 0.6 is 0 Å². The van der Waals surface area contributed by atoms with E-state index in [0.717, 1.165) is 24.6 Å². The van der Waals surface area contributed by atoms with E-state index in [0.29, 0.717) is 12.1 Å². The fourth-order valence-corrected chi connectivity index (χ4v) is 3.27. The molecule has 1 saturated carbocycles. The van der Waals surface area contributed by atoms with Gasteiger partial charge in [0, 0.05) is 12.5 Å². The summed E-state index contributed by atoms with van der Waals surface area (Å²) in [5.74, 6) is 1.93. The fraction of sp³-hybridized carbons (Fsp3) is 0.647. The Bertz CT molecular complexity index is 439. The largest absolute Gasteiger partial charge is 0.490 e. The highest BCUT2D eigenvalue weighted by molar-refractivity contribution is 5.41. The first kappa shape index (κ1) is 13.0. The first-order chi connectivity index (χ1) is 9.28. The van der Waals surface area contributed by atoms with Crippen molar-refractivity contribution < 1.29 is 4.74 Å². The molecule has 0 saturated heterocycles. The molecule has 1 aliphatic heterocycles. The standard InChI is InChI=1S/C17H25NO/c1-3-9-18-17(13-5-4-6-13)14-7-8-16-15(11-14)10-12(2)19-16/h7-8,11-13,17-18H,3-6,9-10H2,1-2H3. The van der Waals surface area contributed by atoms with Gasteiger partial charge in [0.1, 0.15) is 11.9 Å². The van der Waals surface area contributed by atoms with Gasteiger partial charge in [-0.25, -0.2) is 0 Å². The van der Waals surface area contributed by atoms with Crippen molar-refractivity contribution in [2.75, 3.05) is 6.54 Å². The maximum atomic E-state index is 5.80. The maximum Gasteiger partial charge on any atom is 0.123 e. The van der Waals surface area contributed by atoms with Crippen LogP contribution in [0.4, 0.5) is 0 Å². The summed E-state index contributed by atoms with van der Waals surface area (Å²) in [4.78, 5) is 0. The molecule has 2 atom stereocenters. The molecule has 0 spiro atoms. The molecule has 104 valence electrons. The van der Waals surface area contributed by atoms with Crippen molar-refractivity contribution in [1.82, 2.24) is 5.32 Å². The third-order valence-corrected chi connectivity index (χ3v) is 4.51. The zero-order valence-electron chi connectivity index (χ0n) is 12.1. The lowest BCUT2D eigenvalue weighted by atomic mass is 9.77. The zero-order valence-corrected chi connectivity index (χ0v) is 12.1. The Labute approximate surface area is 116 Å². The summed E-state index contributed by atoms with van der Waals surface area (Å²) in [6.45, 7) is 5.51. The third kappa shape index (κ3) is 2.64. The quantitative estimate of drug-likeness (QED) is 0.867. The second kappa shape index (κ2) is 5.54. The summed E-state index contributed by atoms with van der Waals surface area (Å²) in [5.41, 5.74) is 2.86. The molecule has 0 bridgehead atoms. The molecule has 2 heteroatoms. The van der Waals surface area contributed by atoms with Crippen LogP contribution in [0.3, 0.4) is 0 Å². The van der Waals surface area contributed by atoms with Gasteiger partial charge in [-0.05, 0) is 55.8 Å². The minimum atomic E-state index is 0.344. The Kier molecular flexibility index (Phi) is 3.79. The smallest absolute Gasteiger partial charge is 0.123 e. The SMILES string of the molecule is CCCNC(c1ccc2c(c1)CC(C)O2)C1CCC1. The molecule has 1 fully saturated rings. The number of hydrogen-bond acceptors (Lipinski definition) is 2. The van der Waals surface area contributed by atoms with Crippen molar-refractivity contribution in [3.8, 4) is 5.75 Å². The molecule has 2 unspecified atom stereocenters. The molecule has 1 N–H and O–H groups in total. The predicted octanol–water partition coefficient (Wildman–Crippen LogP) is 3.85. The third-order valence-electron chi connectivity index (χ3n) is 4.51. The van der Waals surface area contributed by atoms with Gasteiger partial charge in [0.15, 0.2) is 0 Å². The molecule has 0 radical (unpaired) electrons. The van der Waals surface area contributed by atoms with Crippen LogP contribution in [0.25, 0.3) is 0 Å². The maximum absolute atomic E-state index is 5.80. The lowest BCUT2D eigenvalue weighted by molar-refractivity contribution is 0.231. The molecule has 2 nitrogen and oxygen atoms in total. The Morgan fingerprint density at radius 3 is 2.89 bits per heavy atom. The number of nitrogens with one attached hydrogen (secondary N) is 1. The molecule has 0 aromatic heterocycles. The number of rotatable bonds is 5. The van der Waals surface area contributed by atoms with Crippen LogP contribution in [0.1, 0.15) is 56.7 Å². The van der Waals surface area contributed by atoms with Crippen LogP contribution in [0.15, 0.2) is 18.2 Å². The Balaban J connectivity index is 1.80. The van der Waals surface area contributed by atoms with Gasteiger partial charge in [-0.3, -0.25) is 0 Å². The average molecular weight is 259 g/mol. The van der Waals surface area contributed by atoms with E-state index in [4.69, 9.17) is 4.74 Å². The summed E-state index contributed by atoms with van der Waals surface area (Å²) in [5, 5.41) is 3.75. The molecule has 1 heterocycles. The molecule has 1 aliphatic carbocycles. The zero-order chi connectivity index (χ0) is 13.2. The lowest BCUT2D eigenvalue weighted by Gasteiger charge is -2.35. The lowest BCUT2D eigenvalue weighted by Crippen LogP contribution is -2.32. The summed E-state index contributed by atoms with van der Waals surface area (Å²) in [6.07, 6.45) is 6.77. The Morgan fingerprint density at radius 1 is 1.37 bits per heavy atom. The molecular weight excluding hydrogens is 234 g/mol. The summed E-state index contributed by atoms with van der Waals surface area (Å²) < 4.78 is 5.80. The number of hydrogen-bond donors (Lipinski definition) is 1. The highest BCUT2D eigenvalue weighted by atomic mass is 16.5. The molecular formula is C17H25NO. The topological polar surface area (TPSA) is 21.3 Å². The van der Waals surface area contributed by atoms with Crippen LogP contribution in [0.2, 0.25) is 0 Å². The molecule has 19 heavy (non-hydrogen) atoms. The first-order valence-electron chi connectivity index (χ1n) is 7.80. The van der Waals surface area contributed by atoms with Gasteiger partial charge >= 0.3 is 0 Å². The monoisotopic (exact) mass is 259 g/mol. The average Bonchev–Trinajstić information content (AvgIpc) is 2.70. The van der Waals surface area contributed by atoms with E-state index in [9.17, 15) is 0 Å². The highest BCUT2D eigenvalue weighted by Gasteiger charge is 2.29. The summed E-state index contributed by atoms with van der Waals surface area (Å²) in [6, 6.07) is 7.37. The second-order valence-electron chi connectivity index (χ2n) is 6.12. The Morgan fingerprint density at radius 2 is 2.21 bits per heavy atom. The van der Waals surface area contributed by atoms with Crippen LogP contribution < -0.4 is 10.1 Å². The predicted molar refractivity (Wildman–Crippen MR) is 78.6 cm³/mol. The van der Waals surface area contributed by atoms with Crippen LogP contribution in [0.5, 0.6) is 5.75 Å². The van der Waals surface area contributed by atoms with Crippen LogP contribution in [-0.4, -0.2) is 12.6 Å². The van der Waals surface area contributed by atoms with Crippen molar-refractivity contribution in [3.63, 3.8) is 0 Å². The van der Waals surface area contributed by atoms with Gasteiger partial charge in [0.05, 0.1) is 0 Å². The van der Waals surface area contributed by atoms with Crippen LogP contribution in [-0.2, 0) is 6.42 Å². The van der Waals surface area contributed by atoms with Crippen molar-refractivity contribution in [1.29, 1.82) is 0 Å². The normalized spacial score (nSPS) is 23.6. The van der Waals surface area contributed by atoms with Gasteiger partial charge in [0.2, 0.25) is 0 Å². The number of ether oxygens (including phenoxy) is 1. The van der Waals surface area contributed by atoms with Crippen molar-refractivity contribution in [3.05, 3.63) is 29.3 Å². The fourth-order valence-electron chi connectivity index (χ4n) is 3.27. The first-order valence-corrected chi connectivity index (χ1v) is 7.80. The van der Waals surface area contributed by atoms with Crippen LogP contribution in [0, 0.1) is 5.92 Å². The number of benzene rings is 1. The molecule has 3 rings (SSSR count). The summed E-state index contributed by atoms with van der Waals surface area (Å²) >= 11 is 0. The van der Waals surface area contributed by atoms with E-state index < -0.39 is 0 Å². The van der Waals surface area contributed by atoms with E-state index in [-0.39, 0.29) is 0 Å². The highest BCUT2D eigenvalue weighted by Crippen LogP contribution is 2.39. The van der Waals surface area contributed by atoms with E-state index in [1.54, 1.807) is 0 Å². The van der Waals surface area contributed by atoms with Gasteiger partial charge in [-0.15, -0.1) is 0 Å². The van der Waals surface area contributed by atoms with Crippen molar-refractivity contribution >= 4 is 0 Å². The number of fused-ring (bicyclic) bond motifs is 1. The van der Waals surface area contributed by atoms with Gasteiger partial charge in [0.25, 0.3) is 0 Å². The van der Waals surface area contributed by atoms with E-state index in [2.05, 4.69) is 37.4 Å². The molecule has 1 aromatic rings. The van der Waals surface area contributed by atoms with Crippen molar-refractivity contribution in [2.45, 2.75) is 58.1 Å². The van der Waals surface area contributed by atoms with E-state index in [1.807, 2.05) is 0 Å². The molecule has 1 aromatic carbocycles. The van der Waals surface area contributed by atoms with E-state index in [1.165, 1.54) is 36.8 Å². The van der Waals surface area contributed by atoms with Crippen molar-refractivity contribution in [2.24, 2.45) is 5.92 Å². The summed E-state index contributed by atoms with van der Waals surface area (Å²) in [7, 11) is 0. The molecule has 2 aliphatic rings. The second-order valence-corrected chi connectivity index (χ2v) is 6.12. The minimum absolute atomic E-state index is 0.344.